The Morgan fingerprint density at radius 2 is 1.96 bits per heavy atom. The first kappa shape index (κ1) is 15.9. The Hall–Kier alpha value is -2.96. The molecule has 7 nitrogen and oxygen atoms in total. The molecule has 0 amide bonds. The van der Waals surface area contributed by atoms with Gasteiger partial charge in [-0.05, 0) is 32.9 Å². The minimum atomic E-state index is -0.305. The van der Waals surface area contributed by atoms with Crippen LogP contribution < -0.4 is 10.1 Å². The predicted octanol–water partition coefficient (Wildman–Crippen LogP) is 2.83. The predicted molar refractivity (Wildman–Crippen MR) is 91.3 cm³/mol. The SMILES string of the molecule is CC(C)(C)Nc1nc(C(=O)COc2ccccc2)nc2nc[nH]c12. The zero-order chi connectivity index (χ0) is 17.2. The molecule has 2 N–H and O–H groups in total. The van der Waals surface area contributed by atoms with Crippen LogP contribution >= 0.6 is 0 Å². The number of fused-ring (bicyclic) bond motifs is 1. The van der Waals surface area contributed by atoms with Gasteiger partial charge in [0.25, 0.3) is 0 Å². The number of H-pyrrole nitrogens is 1. The van der Waals surface area contributed by atoms with Crippen molar-refractivity contribution in [1.29, 1.82) is 0 Å². The second-order valence-corrected chi connectivity index (χ2v) is 6.40. The van der Waals surface area contributed by atoms with Crippen molar-refractivity contribution in [2.75, 3.05) is 11.9 Å². The van der Waals surface area contributed by atoms with Crippen molar-refractivity contribution in [3.8, 4) is 5.75 Å². The highest BCUT2D eigenvalue weighted by molar-refractivity contribution is 5.96. The summed E-state index contributed by atoms with van der Waals surface area (Å²) >= 11 is 0. The van der Waals surface area contributed by atoms with E-state index < -0.39 is 0 Å². The Morgan fingerprint density at radius 3 is 2.67 bits per heavy atom. The van der Waals surface area contributed by atoms with E-state index in [4.69, 9.17) is 4.74 Å². The van der Waals surface area contributed by atoms with Gasteiger partial charge in [-0.1, -0.05) is 18.2 Å². The minimum absolute atomic E-state index is 0.0808. The summed E-state index contributed by atoms with van der Waals surface area (Å²) in [7, 11) is 0. The molecule has 24 heavy (non-hydrogen) atoms. The number of anilines is 1. The van der Waals surface area contributed by atoms with Crippen molar-refractivity contribution in [1.82, 2.24) is 19.9 Å². The first-order chi connectivity index (χ1) is 11.4. The van der Waals surface area contributed by atoms with E-state index in [1.807, 2.05) is 39.0 Å². The molecule has 0 unspecified atom stereocenters. The van der Waals surface area contributed by atoms with Gasteiger partial charge in [0, 0.05) is 5.54 Å². The number of hydrogen-bond donors (Lipinski definition) is 2. The number of ketones is 1. The largest absolute Gasteiger partial charge is 0.485 e. The van der Waals surface area contributed by atoms with Gasteiger partial charge in [0.15, 0.2) is 18.1 Å². The summed E-state index contributed by atoms with van der Waals surface area (Å²) < 4.78 is 5.48. The van der Waals surface area contributed by atoms with E-state index in [2.05, 4.69) is 25.3 Å². The average Bonchev–Trinajstić information content (AvgIpc) is 3.01. The number of imidazole rings is 1. The van der Waals surface area contributed by atoms with Crippen LogP contribution in [0.5, 0.6) is 5.75 Å². The molecular formula is C17H19N5O2. The highest BCUT2D eigenvalue weighted by atomic mass is 16.5. The maximum atomic E-state index is 12.4. The number of ether oxygens (including phenoxy) is 1. The van der Waals surface area contributed by atoms with Crippen molar-refractivity contribution in [2.45, 2.75) is 26.3 Å². The monoisotopic (exact) mass is 325 g/mol. The number of nitrogens with one attached hydrogen (secondary N) is 2. The van der Waals surface area contributed by atoms with E-state index in [9.17, 15) is 4.79 Å². The lowest BCUT2D eigenvalue weighted by atomic mass is 10.1. The Morgan fingerprint density at radius 1 is 1.21 bits per heavy atom. The second-order valence-electron chi connectivity index (χ2n) is 6.40. The lowest BCUT2D eigenvalue weighted by Crippen LogP contribution is -2.27. The molecule has 0 aliphatic rings. The summed E-state index contributed by atoms with van der Waals surface area (Å²) in [6.07, 6.45) is 1.53. The lowest BCUT2D eigenvalue weighted by molar-refractivity contribution is 0.0911. The van der Waals surface area contributed by atoms with Gasteiger partial charge in [0.05, 0.1) is 6.33 Å². The normalized spacial score (nSPS) is 11.5. The molecule has 0 fully saturated rings. The number of aromatic nitrogens is 4. The molecule has 0 saturated heterocycles. The van der Waals surface area contributed by atoms with Crippen molar-refractivity contribution in [3.05, 3.63) is 42.5 Å². The van der Waals surface area contributed by atoms with Gasteiger partial charge in [-0.3, -0.25) is 4.79 Å². The highest BCUT2D eigenvalue weighted by Crippen LogP contribution is 2.20. The Labute approximate surface area is 139 Å². The molecule has 0 atom stereocenters. The fraction of sp³-hybridized carbons (Fsp3) is 0.294. The Bertz CT molecular complexity index is 852. The zero-order valence-electron chi connectivity index (χ0n) is 13.8. The smallest absolute Gasteiger partial charge is 0.237 e. The maximum Gasteiger partial charge on any atom is 0.237 e. The molecule has 3 rings (SSSR count). The summed E-state index contributed by atoms with van der Waals surface area (Å²) in [6.45, 7) is 5.90. The topological polar surface area (TPSA) is 92.8 Å². The van der Waals surface area contributed by atoms with Crippen LogP contribution in [0.3, 0.4) is 0 Å². The van der Waals surface area contributed by atoms with Crippen molar-refractivity contribution >= 4 is 22.8 Å². The first-order valence-electron chi connectivity index (χ1n) is 7.63. The number of carbonyl (C=O) groups excluding carboxylic acids is 1. The number of aromatic amines is 1. The van der Waals surface area contributed by atoms with Crippen LogP contribution in [0.4, 0.5) is 5.82 Å². The molecule has 0 spiro atoms. The molecule has 0 aliphatic carbocycles. The number of para-hydroxylation sites is 1. The molecule has 0 aliphatic heterocycles. The van der Waals surface area contributed by atoms with E-state index >= 15 is 0 Å². The summed E-state index contributed by atoms with van der Waals surface area (Å²) in [6, 6.07) is 9.15. The summed E-state index contributed by atoms with van der Waals surface area (Å²) in [5, 5.41) is 3.26. The number of nitrogens with zero attached hydrogens (tertiary/aromatic N) is 3. The third kappa shape index (κ3) is 3.68. The number of benzene rings is 1. The standard InChI is InChI=1S/C17H19N5O2/c1-17(2,3)22-16-13-15(19-10-18-13)20-14(21-16)12(23)9-24-11-7-5-4-6-8-11/h4-8,10H,9H2,1-3H3,(H2,18,19,20,21,22). The van der Waals surface area contributed by atoms with Crippen LogP contribution in [0, 0.1) is 0 Å². The average molecular weight is 325 g/mol. The number of hydrogen-bond acceptors (Lipinski definition) is 6. The van der Waals surface area contributed by atoms with Crippen LogP contribution in [0.1, 0.15) is 31.4 Å². The molecule has 0 radical (unpaired) electrons. The highest BCUT2D eigenvalue weighted by Gasteiger charge is 2.19. The van der Waals surface area contributed by atoms with E-state index in [0.29, 0.717) is 22.7 Å². The molecule has 0 bridgehead atoms. The van der Waals surface area contributed by atoms with Crippen LogP contribution in [0.2, 0.25) is 0 Å². The molecule has 2 heterocycles. The van der Waals surface area contributed by atoms with E-state index in [-0.39, 0.29) is 23.8 Å². The molecule has 7 heteroatoms. The Kier molecular flexibility index (Phi) is 4.16. The van der Waals surface area contributed by atoms with Gasteiger partial charge < -0.3 is 15.0 Å². The summed E-state index contributed by atoms with van der Waals surface area (Å²) in [5.41, 5.74) is 0.901. The third-order valence-corrected chi connectivity index (χ3v) is 3.14. The van der Waals surface area contributed by atoms with Crippen molar-refractivity contribution in [3.63, 3.8) is 0 Å². The molecular weight excluding hydrogens is 306 g/mol. The van der Waals surface area contributed by atoms with Crippen LogP contribution in [0.25, 0.3) is 11.2 Å². The van der Waals surface area contributed by atoms with Gasteiger partial charge in [-0.25, -0.2) is 15.0 Å². The fourth-order valence-electron chi connectivity index (χ4n) is 2.13. The van der Waals surface area contributed by atoms with Crippen molar-refractivity contribution < 1.29 is 9.53 Å². The number of rotatable bonds is 5. The summed E-state index contributed by atoms with van der Waals surface area (Å²) in [4.78, 5) is 28.1. The lowest BCUT2D eigenvalue weighted by Gasteiger charge is -2.21. The van der Waals surface area contributed by atoms with E-state index in [0.717, 1.165) is 0 Å². The van der Waals surface area contributed by atoms with Crippen molar-refractivity contribution in [2.24, 2.45) is 0 Å². The molecule has 124 valence electrons. The number of Topliss-reactive ketones (excluding diaryl/α,β-unsaturated/α-hetero) is 1. The van der Waals surface area contributed by atoms with Gasteiger partial charge in [0.2, 0.25) is 11.6 Å². The number of carbonyl (C=O) groups is 1. The molecule has 1 aromatic carbocycles. The molecule has 0 saturated carbocycles. The van der Waals surface area contributed by atoms with E-state index in [1.165, 1.54) is 6.33 Å². The quantitative estimate of drug-likeness (QED) is 0.701. The molecule has 3 aromatic rings. The van der Waals surface area contributed by atoms with Gasteiger partial charge in [-0.15, -0.1) is 0 Å². The van der Waals surface area contributed by atoms with Gasteiger partial charge in [0.1, 0.15) is 11.3 Å². The second kappa shape index (κ2) is 6.27. The van der Waals surface area contributed by atoms with Gasteiger partial charge >= 0.3 is 0 Å². The maximum absolute atomic E-state index is 12.4. The zero-order valence-corrected chi connectivity index (χ0v) is 13.8. The van der Waals surface area contributed by atoms with Crippen LogP contribution in [-0.2, 0) is 0 Å². The van der Waals surface area contributed by atoms with Crippen LogP contribution in [-0.4, -0.2) is 37.9 Å². The summed E-state index contributed by atoms with van der Waals surface area (Å²) in [5.74, 6) is 0.950. The van der Waals surface area contributed by atoms with E-state index in [1.54, 1.807) is 12.1 Å². The third-order valence-electron chi connectivity index (χ3n) is 3.14. The molecule has 2 aromatic heterocycles. The van der Waals surface area contributed by atoms with Crippen LogP contribution in [0.15, 0.2) is 36.7 Å². The minimum Gasteiger partial charge on any atom is -0.485 e. The first-order valence-corrected chi connectivity index (χ1v) is 7.63. The Balaban J connectivity index is 1.84. The van der Waals surface area contributed by atoms with Gasteiger partial charge in [-0.2, -0.15) is 0 Å². The fourth-order valence-corrected chi connectivity index (χ4v) is 2.13.